The van der Waals surface area contributed by atoms with Crippen molar-refractivity contribution in [1.29, 1.82) is 0 Å². The number of nitrogens with zero attached hydrogens (tertiary/aromatic N) is 2. The molecule has 0 saturated carbocycles. The first-order chi connectivity index (χ1) is 21.0. The van der Waals surface area contributed by atoms with Crippen LogP contribution in [-0.2, 0) is 16.4 Å². The van der Waals surface area contributed by atoms with E-state index in [0.29, 0.717) is 0 Å². The Morgan fingerprint density at radius 3 is 1.86 bits per heavy atom. The summed E-state index contributed by atoms with van der Waals surface area (Å²) in [5.41, 5.74) is 7.82. The van der Waals surface area contributed by atoms with Crippen molar-refractivity contribution in [2.24, 2.45) is 0 Å². The summed E-state index contributed by atoms with van der Waals surface area (Å²) in [6.45, 7) is 13.9. The molecular formula is C39H43ClN2OSi. The fourth-order valence-electron chi connectivity index (χ4n) is 6.63. The maximum Gasteiger partial charge on any atom is 0.192 e. The molecule has 4 aromatic carbocycles. The van der Waals surface area contributed by atoms with Crippen molar-refractivity contribution in [3.05, 3.63) is 160 Å². The molecule has 0 spiro atoms. The highest BCUT2D eigenvalue weighted by Gasteiger charge is 2.42. The van der Waals surface area contributed by atoms with Gasteiger partial charge in [-0.2, -0.15) is 0 Å². The number of rotatable bonds is 8. The number of fused-ring (bicyclic) bond motifs is 1. The molecule has 5 aromatic rings. The number of halogens is 1. The molecule has 2 unspecified atom stereocenters. The van der Waals surface area contributed by atoms with Gasteiger partial charge in [0.25, 0.3) is 0 Å². The molecule has 0 radical (unpaired) electrons. The van der Waals surface area contributed by atoms with Crippen molar-refractivity contribution in [2.45, 2.75) is 76.2 Å². The highest BCUT2D eigenvalue weighted by molar-refractivity contribution is 6.74. The Labute approximate surface area is 269 Å². The molecule has 0 fully saturated rings. The number of aryl methyl sites for hydroxylation is 1. The van der Waals surface area contributed by atoms with Gasteiger partial charge in [-0.25, -0.2) is 4.98 Å². The smallest absolute Gasteiger partial charge is 0.192 e. The molecular weight excluding hydrogens is 576 g/mol. The highest BCUT2D eigenvalue weighted by atomic mass is 35.5. The molecule has 1 aliphatic rings. The molecule has 1 heterocycles. The second-order valence-electron chi connectivity index (χ2n) is 13.7. The Morgan fingerprint density at radius 1 is 0.841 bits per heavy atom. The lowest BCUT2D eigenvalue weighted by atomic mass is 9.76. The molecule has 0 bridgehead atoms. The van der Waals surface area contributed by atoms with E-state index in [9.17, 15) is 0 Å². The maximum absolute atomic E-state index is 7.06. The van der Waals surface area contributed by atoms with Gasteiger partial charge in [0.2, 0.25) is 0 Å². The number of hydrogen-bond acceptors (Lipinski definition) is 2. The van der Waals surface area contributed by atoms with Crippen LogP contribution < -0.4 is 0 Å². The van der Waals surface area contributed by atoms with E-state index in [1.165, 1.54) is 33.4 Å². The summed E-state index contributed by atoms with van der Waals surface area (Å²) in [6.07, 6.45) is 6.31. The SMILES string of the molecule is CC(c1cn(C(c2ccccc2)(c2ccccc2)c2ccccc2)cn1)c1cc(Cl)cc2c1C(O[Si](C)(C)C(C)(C)C)CC2. The van der Waals surface area contributed by atoms with Crippen LogP contribution in [0, 0.1) is 0 Å². The van der Waals surface area contributed by atoms with Crippen LogP contribution in [0.4, 0.5) is 0 Å². The van der Waals surface area contributed by atoms with E-state index in [0.717, 1.165) is 23.6 Å². The molecule has 226 valence electrons. The Kier molecular flexibility index (Phi) is 8.21. The van der Waals surface area contributed by atoms with Gasteiger partial charge in [0.15, 0.2) is 8.32 Å². The van der Waals surface area contributed by atoms with E-state index in [2.05, 4.69) is 155 Å². The summed E-state index contributed by atoms with van der Waals surface area (Å²) in [6, 6.07) is 36.5. The van der Waals surface area contributed by atoms with Gasteiger partial charge >= 0.3 is 0 Å². The Morgan fingerprint density at radius 2 is 1.36 bits per heavy atom. The Balaban J connectivity index is 1.48. The third kappa shape index (κ3) is 5.38. The molecule has 6 rings (SSSR count). The van der Waals surface area contributed by atoms with Gasteiger partial charge in [-0.3, -0.25) is 0 Å². The van der Waals surface area contributed by atoms with E-state index in [1.54, 1.807) is 0 Å². The largest absolute Gasteiger partial charge is 0.410 e. The maximum atomic E-state index is 7.06. The quantitative estimate of drug-likeness (QED) is 0.128. The fraction of sp³-hybridized carbons (Fsp3) is 0.308. The van der Waals surface area contributed by atoms with Crippen LogP contribution in [0.15, 0.2) is 116 Å². The van der Waals surface area contributed by atoms with Gasteiger partial charge < -0.3 is 8.99 Å². The van der Waals surface area contributed by atoms with Crippen molar-refractivity contribution in [1.82, 2.24) is 9.55 Å². The molecule has 0 saturated heterocycles. The molecule has 1 aliphatic carbocycles. The molecule has 5 heteroatoms. The van der Waals surface area contributed by atoms with Crippen LogP contribution in [-0.4, -0.2) is 17.9 Å². The minimum Gasteiger partial charge on any atom is -0.410 e. The number of hydrogen-bond donors (Lipinski definition) is 0. The average molecular weight is 619 g/mol. The molecule has 44 heavy (non-hydrogen) atoms. The van der Waals surface area contributed by atoms with Crippen LogP contribution in [0.5, 0.6) is 0 Å². The van der Waals surface area contributed by atoms with Crippen molar-refractivity contribution in [2.75, 3.05) is 0 Å². The van der Waals surface area contributed by atoms with Gasteiger partial charge in [-0.05, 0) is 76.5 Å². The Hall–Kier alpha value is -3.44. The minimum atomic E-state index is -1.97. The predicted molar refractivity (Wildman–Crippen MR) is 185 cm³/mol. The molecule has 0 N–H and O–H groups in total. The first-order valence-corrected chi connectivity index (χ1v) is 19.0. The standard InChI is InChI=1S/C39H43ClN2OSi/c1-28(34-25-33(40)24-29-22-23-36(37(29)34)43-44(5,6)38(2,3)4)35-26-42(27-41-35)39(30-16-10-7-11-17-30,31-18-12-8-13-19-31)32-20-14-9-15-21-32/h7-21,24-28,36H,22-23H2,1-6H3. The van der Waals surface area contributed by atoms with Crippen molar-refractivity contribution >= 4 is 19.9 Å². The third-order valence-electron chi connectivity index (χ3n) is 9.98. The predicted octanol–water partition coefficient (Wildman–Crippen LogP) is 10.5. The van der Waals surface area contributed by atoms with E-state index in [-0.39, 0.29) is 17.1 Å². The first kappa shape index (κ1) is 30.6. The highest BCUT2D eigenvalue weighted by Crippen LogP contribution is 2.48. The molecule has 1 aromatic heterocycles. The van der Waals surface area contributed by atoms with Crippen LogP contribution in [0.1, 0.15) is 85.2 Å². The van der Waals surface area contributed by atoms with E-state index in [1.807, 2.05) is 6.33 Å². The molecule has 2 atom stereocenters. The number of aromatic nitrogens is 2. The summed E-state index contributed by atoms with van der Waals surface area (Å²) in [7, 11) is -1.97. The van der Waals surface area contributed by atoms with Crippen molar-refractivity contribution in [3.8, 4) is 0 Å². The summed E-state index contributed by atoms with van der Waals surface area (Å²) in [4.78, 5) is 5.12. The first-order valence-electron chi connectivity index (χ1n) is 15.7. The van der Waals surface area contributed by atoms with Crippen LogP contribution in [0.3, 0.4) is 0 Å². The summed E-state index contributed by atoms with van der Waals surface area (Å²) in [5, 5.41) is 0.924. The molecule has 3 nitrogen and oxygen atoms in total. The minimum absolute atomic E-state index is 0.0346. The number of benzene rings is 4. The third-order valence-corrected chi connectivity index (χ3v) is 14.7. The van der Waals surface area contributed by atoms with Crippen LogP contribution in [0.2, 0.25) is 23.2 Å². The molecule has 0 aliphatic heterocycles. The molecule has 0 amide bonds. The van der Waals surface area contributed by atoms with Gasteiger partial charge in [0.1, 0.15) is 5.54 Å². The fourth-order valence-corrected chi connectivity index (χ4v) is 8.18. The van der Waals surface area contributed by atoms with Crippen LogP contribution >= 0.6 is 11.6 Å². The van der Waals surface area contributed by atoms with E-state index >= 15 is 0 Å². The van der Waals surface area contributed by atoms with Gasteiger partial charge in [0.05, 0.1) is 18.1 Å². The summed E-state index contributed by atoms with van der Waals surface area (Å²) in [5.74, 6) is 0.0346. The van der Waals surface area contributed by atoms with Gasteiger partial charge in [-0.1, -0.05) is 130 Å². The summed E-state index contributed by atoms with van der Waals surface area (Å²) >= 11 is 6.77. The zero-order valence-electron chi connectivity index (χ0n) is 26.7. The lowest BCUT2D eigenvalue weighted by Gasteiger charge is -2.39. The second-order valence-corrected chi connectivity index (χ2v) is 18.9. The van der Waals surface area contributed by atoms with Gasteiger partial charge in [-0.15, -0.1) is 0 Å². The Bertz CT molecular complexity index is 1630. The summed E-state index contributed by atoms with van der Waals surface area (Å²) < 4.78 is 9.36. The number of imidazole rings is 1. The van der Waals surface area contributed by atoms with Crippen molar-refractivity contribution in [3.63, 3.8) is 0 Å². The lowest BCUT2D eigenvalue weighted by molar-refractivity contribution is 0.184. The lowest BCUT2D eigenvalue weighted by Crippen LogP contribution is -2.41. The zero-order chi connectivity index (χ0) is 31.1. The normalized spacial score (nSPS) is 16.1. The zero-order valence-corrected chi connectivity index (χ0v) is 28.5. The average Bonchev–Trinajstić information content (AvgIpc) is 3.66. The van der Waals surface area contributed by atoms with E-state index in [4.69, 9.17) is 21.0 Å². The van der Waals surface area contributed by atoms with Crippen LogP contribution in [0.25, 0.3) is 0 Å². The van der Waals surface area contributed by atoms with Crippen molar-refractivity contribution < 1.29 is 4.43 Å². The van der Waals surface area contributed by atoms with E-state index < -0.39 is 13.9 Å². The van der Waals surface area contributed by atoms with Gasteiger partial charge in [0, 0.05) is 17.1 Å². The monoisotopic (exact) mass is 618 g/mol. The second kappa shape index (κ2) is 11.8. The topological polar surface area (TPSA) is 27.1 Å².